The lowest BCUT2D eigenvalue weighted by molar-refractivity contribution is -0.145. The van der Waals surface area contributed by atoms with E-state index in [0.717, 1.165) is 41.4 Å². The lowest BCUT2D eigenvalue weighted by Gasteiger charge is -2.16. The first kappa shape index (κ1) is 16.4. The third-order valence-electron chi connectivity index (χ3n) is 4.19. The summed E-state index contributed by atoms with van der Waals surface area (Å²) in [6.45, 7) is 3.78. The van der Waals surface area contributed by atoms with Gasteiger partial charge in [-0.1, -0.05) is 18.2 Å². The average molecular weight is 327 g/mol. The molecular formula is C19H21NO4. The van der Waals surface area contributed by atoms with E-state index >= 15 is 0 Å². The van der Waals surface area contributed by atoms with Crippen LogP contribution in [0.25, 0.3) is 10.9 Å². The molecule has 0 fully saturated rings. The number of aromatic nitrogens is 1. The van der Waals surface area contributed by atoms with Gasteiger partial charge in [-0.25, -0.2) is 4.79 Å². The van der Waals surface area contributed by atoms with Crippen molar-refractivity contribution in [2.24, 2.45) is 0 Å². The van der Waals surface area contributed by atoms with E-state index in [1.807, 2.05) is 24.3 Å². The van der Waals surface area contributed by atoms with Gasteiger partial charge in [0.25, 0.3) is 0 Å². The fourth-order valence-electron chi connectivity index (χ4n) is 3.18. The Morgan fingerprint density at radius 2 is 2.04 bits per heavy atom. The minimum absolute atomic E-state index is 0.0603. The molecule has 0 N–H and O–H groups in total. The van der Waals surface area contributed by atoms with Crippen molar-refractivity contribution < 1.29 is 19.1 Å². The minimum atomic E-state index is -0.527. The smallest absolute Gasteiger partial charge is 0.339 e. The summed E-state index contributed by atoms with van der Waals surface area (Å²) in [5.74, 6) is -0.744. The molecule has 0 saturated heterocycles. The SMILES string of the molecule is CCOC(=O)CC(C)OC(=O)c1c2c(nc3ccccc13)CCC2. The third kappa shape index (κ3) is 3.25. The molecule has 0 radical (unpaired) electrons. The molecule has 0 amide bonds. The van der Waals surface area contributed by atoms with Crippen LogP contribution in [0.5, 0.6) is 0 Å². The largest absolute Gasteiger partial charge is 0.466 e. The van der Waals surface area contributed by atoms with Crippen molar-refractivity contribution in [1.82, 2.24) is 4.98 Å². The number of esters is 2. The highest BCUT2D eigenvalue weighted by molar-refractivity contribution is 6.05. The number of rotatable bonds is 5. The first-order chi connectivity index (χ1) is 11.6. The third-order valence-corrected chi connectivity index (χ3v) is 4.19. The van der Waals surface area contributed by atoms with Crippen LogP contribution in [-0.4, -0.2) is 29.6 Å². The van der Waals surface area contributed by atoms with Gasteiger partial charge in [-0.05, 0) is 44.7 Å². The molecule has 126 valence electrons. The lowest BCUT2D eigenvalue weighted by Crippen LogP contribution is -2.21. The van der Waals surface area contributed by atoms with E-state index < -0.39 is 6.10 Å². The average Bonchev–Trinajstić information content (AvgIpc) is 2.99. The first-order valence-electron chi connectivity index (χ1n) is 8.37. The zero-order chi connectivity index (χ0) is 17.1. The van der Waals surface area contributed by atoms with Gasteiger partial charge < -0.3 is 9.47 Å². The van der Waals surface area contributed by atoms with Crippen molar-refractivity contribution in [2.75, 3.05) is 6.61 Å². The fourth-order valence-corrected chi connectivity index (χ4v) is 3.18. The van der Waals surface area contributed by atoms with Crippen LogP contribution in [0, 0.1) is 0 Å². The normalized spacial score (nSPS) is 14.2. The van der Waals surface area contributed by atoms with Crippen molar-refractivity contribution in [3.63, 3.8) is 0 Å². The van der Waals surface area contributed by atoms with Crippen molar-refractivity contribution >= 4 is 22.8 Å². The van der Waals surface area contributed by atoms with Crippen molar-refractivity contribution in [1.29, 1.82) is 0 Å². The summed E-state index contributed by atoms with van der Waals surface area (Å²) in [6.07, 6.45) is 2.26. The van der Waals surface area contributed by atoms with E-state index in [2.05, 4.69) is 4.98 Å². The van der Waals surface area contributed by atoms with Crippen LogP contribution < -0.4 is 0 Å². The van der Waals surface area contributed by atoms with Crippen LogP contribution in [0.15, 0.2) is 24.3 Å². The van der Waals surface area contributed by atoms with Crippen LogP contribution in [-0.2, 0) is 27.1 Å². The van der Waals surface area contributed by atoms with E-state index in [-0.39, 0.29) is 18.4 Å². The number of ether oxygens (including phenoxy) is 2. The monoisotopic (exact) mass is 327 g/mol. The second-order valence-corrected chi connectivity index (χ2v) is 6.01. The summed E-state index contributed by atoms with van der Waals surface area (Å²) in [6, 6.07) is 7.61. The standard InChI is InChI=1S/C19H21NO4/c1-3-23-17(21)11-12(2)24-19(22)18-13-7-4-5-9-15(13)20-16-10-6-8-14(16)18/h4-5,7,9,12H,3,6,8,10-11H2,1-2H3. The van der Waals surface area contributed by atoms with Crippen LogP contribution in [0.4, 0.5) is 0 Å². The van der Waals surface area contributed by atoms with Gasteiger partial charge in [-0.15, -0.1) is 0 Å². The molecule has 1 aliphatic carbocycles. The summed E-state index contributed by atoms with van der Waals surface area (Å²) in [5, 5.41) is 0.812. The summed E-state index contributed by atoms with van der Waals surface area (Å²) >= 11 is 0. The van der Waals surface area contributed by atoms with Gasteiger partial charge in [-0.3, -0.25) is 9.78 Å². The van der Waals surface area contributed by atoms with Gasteiger partial charge in [0.2, 0.25) is 0 Å². The molecule has 1 aromatic carbocycles. The van der Waals surface area contributed by atoms with Crippen molar-refractivity contribution in [2.45, 2.75) is 45.6 Å². The molecule has 1 heterocycles. The Labute approximate surface area is 141 Å². The van der Waals surface area contributed by atoms with E-state index in [4.69, 9.17) is 9.47 Å². The summed E-state index contributed by atoms with van der Waals surface area (Å²) in [5.41, 5.74) is 3.38. The Morgan fingerprint density at radius 1 is 1.25 bits per heavy atom. The lowest BCUT2D eigenvalue weighted by atomic mass is 10.0. The topological polar surface area (TPSA) is 65.5 Å². The molecule has 0 spiro atoms. The molecule has 5 nitrogen and oxygen atoms in total. The van der Waals surface area contributed by atoms with Crippen LogP contribution >= 0.6 is 0 Å². The highest BCUT2D eigenvalue weighted by Crippen LogP contribution is 2.30. The Balaban J connectivity index is 1.88. The van der Waals surface area contributed by atoms with Gasteiger partial charge in [0.15, 0.2) is 0 Å². The number of hydrogen-bond donors (Lipinski definition) is 0. The van der Waals surface area contributed by atoms with E-state index in [9.17, 15) is 9.59 Å². The maximum Gasteiger partial charge on any atom is 0.339 e. The molecule has 3 rings (SSSR count). The predicted molar refractivity (Wildman–Crippen MR) is 89.9 cm³/mol. The number of benzene rings is 1. The van der Waals surface area contributed by atoms with Gasteiger partial charge in [0.05, 0.1) is 24.1 Å². The summed E-state index contributed by atoms with van der Waals surface area (Å²) in [7, 11) is 0. The van der Waals surface area contributed by atoms with Gasteiger partial charge in [0.1, 0.15) is 6.10 Å². The number of carbonyl (C=O) groups excluding carboxylic acids is 2. The second kappa shape index (κ2) is 6.99. The highest BCUT2D eigenvalue weighted by atomic mass is 16.6. The molecule has 5 heteroatoms. The molecular weight excluding hydrogens is 306 g/mol. The Bertz CT molecular complexity index is 784. The molecule has 0 bridgehead atoms. The molecule has 1 aromatic heterocycles. The summed E-state index contributed by atoms with van der Waals surface area (Å²) in [4.78, 5) is 29.0. The molecule has 2 aromatic rings. The first-order valence-corrected chi connectivity index (χ1v) is 8.37. The van der Waals surface area contributed by atoms with Gasteiger partial charge in [-0.2, -0.15) is 0 Å². The van der Waals surface area contributed by atoms with Crippen molar-refractivity contribution in [3.8, 4) is 0 Å². The van der Waals surface area contributed by atoms with Crippen LogP contribution in [0.3, 0.4) is 0 Å². The number of nitrogens with zero attached hydrogens (tertiary/aromatic N) is 1. The number of para-hydroxylation sites is 1. The van der Waals surface area contributed by atoms with E-state index in [1.54, 1.807) is 13.8 Å². The molecule has 1 atom stereocenters. The van der Waals surface area contributed by atoms with Crippen LogP contribution in [0.2, 0.25) is 0 Å². The molecule has 24 heavy (non-hydrogen) atoms. The number of aryl methyl sites for hydroxylation is 1. The molecule has 1 unspecified atom stereocenters. The fraction of sp³-hybridized carbons (Fsp3) is 0.421. The molecule has 1 aliphatic rings. The maximum absolute atomic E-state index is 12.8. The second-order valence-electron chi connectivity index (χ2n) is 6.01. The molecule has 0 saturated carbocycles. The predicted octanol–water partition coefficient (Wildman–Crippen LogP) is 3.22. The van der Waals surface area contributed by atoms with E-state index in [0.29, 0.717) is 12.2 Å². The number of carbonyl (C=O) groups is 2. The number of pyridine rings is 1. The van der Waals surface area contributed by atoms with Gasteiger partial charge in [0, 0.05) is 11.1 Å². The van der Waals surface area contributed by atoms with Crippen molar-refractivity contribution in [3.05, 3.63) is 41.1 Å². The molecule has 0 aliphatic heterocycles. The van der Waals surface area contributed by atoms with E-state index in [1.165, 1.54) is 0 Å². The highest BCUT2D eigenvalue weighted by Gasteiger charge is 2.26. The Kier molecular flexibility index (Phi) is 4.79. The Hall–Kier alpha value is -2.43. The maximum atomic E-state index is 12.8. The minimum Gasteiger partial charge on any atom is -0.466 e. The quantitative estimate of drug-likeness (QED) is 0.789. The number of hydrogen-bond acceptors (Lipinski definition) is 5. The van der Waals surface area contributed by atoms with Gasteiger partial charge >= 0.3 is 11.9 Å². The number of fused-ring (bicyclic) bond motifs is 2. The zero-order valence-corrected chi connectivity index (χ0v) is 14.0. The summed E-state index contributed by atoms with van der Waals surface area (Å²) < 4.78 is 10.4. The zero-order valence-electron chi connectivity index (χ0n) is 14.0. The van der Waals surface area contributed by atoms with Crippen LogP contribution in [0.1, 0.15) is 48.3 Å². The Morgan fingerprint density at radius 3 is 2.83 bits per heavy atom.